The highest BCUT2D eigenvalue weighted by Gasteiger charge is 2.48. The third-order valence-corrected chi connectivity index (χ3v) is 5.63. The number of nitrogens with one attached hydrogen (secondary N) is 2. The highest BCUT2D eigenvalue weighted by molar-refractivity contribution is 6.30. The van der Waals surface area contributed by atoms with Gasteiger partial charge in [-0.05, 0) is 23.7 Å². The number of imidazole rings is 1. The maximum atomic E-state index is 12.2. The summed E-state index contributed by atoms with van der Waals surface area (Å²) in [5, 5.41) is 20.3. The smallest absolute Gasteiger partial charge is 0.255 e. The van der Waals surface area contributed by atoms with Crippen molar-refractivity contribution in [3.8, 4) is 5.75 Å². The number of ether oxygens (including phenoxy) is 2. The van der Waals surface area contributed by atoms with Gasteiger partial charge in [0.1, 0.15) is 30.3 Å². The fraction of sp³-hybridized carbons (Fsp3) is 0.350. The number of hydrogen-bond donors (Lipinski definition) is 4. The molecular formula is C20H21ClN10O5. The van der Waals surface area contributed by atoms with Gasteiger partial charge in [-0.15, -0.1) is 0 Å². The predicted molar refractivity (Wildman–Crippen MR) is 126 cm³/mol. The van der Waals surface area contributed by atoms with Gasteiger partial charge in [-0.25, -0.2) is 15.0 Å². The number of aromatic nitrogens is 4. The molecule has 4 atom stereocenters. The number of carbonyl (C=O) groups excluding carboxylic acids is 2. The third kappa shape index (κ3) is 4.94. The number of benzene rings is 1. The van der Waals surface area contributed by atoms with E-state index in [0.29, 0.717) is 33.3 Å². The molecule has 0 spiro atoms. The molecule has 0 bridgehead atoms. The number of aliphatic hydroxyl groups is 1. The maximum absolute atomic E-state index is 12.2. The normalized spacial score (nSPS) is 21.1. The molecule has 3 heterocycles. The number of primary amides is 1. The number of likely N-dealkylation sites (N-methyl/N-ethyl adjacent to an activating group) is 1. The molecule has 1 saturated heterocycles. The highest BCUT2D eigenvalue weighted by atomic mass is 35.5. The average Bonchev–Trinajstić information content (AvgIpc) is 3.43. The summed E-state index contributed by atoms with van der Waals surface area (Å²) in [6.45, 7) is -0.0950. The topological polar surface area (TPSA) is 215 Å². The number of fused-ring (bicyclic) bond motifs is 1. The van der Waals surface area contributed by atoms with Crippen molar-refractivity contribution in [2.24, 2.45) is 10.8 Å². The van der Waals surface area contributed by atoms with Crippen LogP contribution in [0, 0.1) is 0 Å². The van der Waals surface area contributed by atoms with E-state index in [1.807, 2.05) is 0 Å². The van der Waals surface area contributed by atoms with Gasteiger partial charge in [0, 0.05) is 29.1 Å². The van der Waals surface area contributed by atoms with Crippen LogP contribution in [0.4, 0.5) is 5.82 Å². The van der Waals surface area contributed by atoms with Crippen LogP contribution in [0.1, 0.15) is 11.8 Å². The summed E-state index contributed by atoms with van der Waals surface area (Å²) in [7, 11) is 1.40. The Labute approximate surface area is 208 Å². The van der Waals surface area contributed by atoms with Gasteiger partial charge in [0.15, 0.2) is 29.8 Å². The molecule has 0 saturated carbocycles. The van der Waals surface area contributed by atoms with Gasteiger partial charge in [-0.1, -0.05) is 16.7 Å². The molecule has 16 heteroatoms. The lowest BCUT2D eigenvalue weighted by molar-refractivity contribution is -0.134. The van der Waals surface area contributed by atoms with E-state index in [1.54, 1.807) is 18.2 Å². The van der Waals surface area contributed by atoms with Crippen molar-refractivity contribution in [1.82, 2.24) is 24.8 Å². The second-order valence-electron chi connectivity index (χ2n) is 7.65. The molecule has 5 N–H and O–H groups in total. The molecule has 15 nitrogen and oxygen atoms in total. The van der Waals surface area contributed by atoms with Crippen molar-refractivity contribution in [2.75, 3.05) is 19.0 Å². The van der Waals surface area contributed by atoms with Crippen LogP contribution in [0.2, 0.25) is 5.02 Å². The van der Waals surface area contributed by atoms with E-state index in [2.05, 4.69) is 35.6 Å². The minimum absolute atomic E-state index is 0.202. The quantitative estimate of drug-likeness (QED) is 0.178. The number of hydrogen-bond acceptors (Lipinski definition) is 10. The number of halogens is 1. The van der Waals surface area contributed by atoms with Crippen LogP contribution < -0.4 is 21.1 Å². The number of aliphatic hydroxyl groups excluding tert-OH is 1. The van der Waals surface area contributed by atoms with Crippen LogP contribution in [0.15, 0.2) is 36.0 Å². The summed E-state index contributed by atoms with van der Waals surface area (Å²) in [4.78, 5) is 38.8. The molecular weight excluding hydrogens is 496 g/mol. The lowest BCUT2D eigenvalue weighted by atomic mass is 10.1. The summed E-state index contributed by atoms with van der Waals surface area (Å²) in [5.74, 6) is -0.411. The fourth-order valence-corrected chi connectivity index (χ4v) is 3.95. The maximum Gasteiger partial charge on any atom is 0.255 e. The Morgan fingerprint density at radius 2 is 2.19 bits per heavy atom. The monoisotopic (exact) mass is 516 g/mol. The lowest BCUT2D eigenvalue weighted by Gasteiger charge is -2.17. The van der Waals surface area contributed by atoms with Crippen molar-refractivity contribution in [3.05, 3.63) is 51.9 Å². The van der Waals surface area contributed by atoms with E-state index in [0.717, 1.165) is 0 Å². The summed E-state index contributed by atoms with van der Waals surface area (Å²) in [6.07, 6.45) is -0.989. The Bertz CT molecular complexity index is 1340. The van der Waals surface area contributed by atoms with E-state index in [-0.39, 0.29) is 13.2 Å². The van der Waals surface area contributed by atoms with Crippen LogP contribution in [-0.2, 0) is 20.9 Å². The second-order valence-corrected chi connectivity index (χ2v) is 8.09. The molecule has 4 rings (SSSR count). The standard InChI is InChI=1S/C20H21ClN10O5/c1-24-19(34)16-13(29-30-23)15(33)20(36-16)31-8-28-14-17(26-7-27-18(14)31)25-5-9-4-10(21)2-3-11(9)35-6-12(22)32/h2-4,7-8,13,15-16,20,33H,5-6H2,1H3,(H2,22,32)(H,24,34)(H,25,26,27)/t13-,15+,16-,20+/m0/s1. The minimum Gasteiger partial charge on any atom is -0.483 e. The highest BCUT2D eigenvalue weighted by Crippen LogP contribution is 2.34. The van der Waals surface area contributed by atoms with Crippen LogP contribution >= 0.6 is 11.6 Å². The number of azide groups is 1. The van der Waals surface area contributed by atoms with Crippen molar-refractivity contribution < 1.29 is 24.2 Å². The van der Waals surface area contributed by atoms with Gasteiger partial charge >= 0.3 is 0 Å². The predicted octanol–water partition coefficient (Wildman–Crippen LogP) is 0.639. The van der Waals surface area contributed by atoms with Crippen LogP contribution in [-0.4, -0.2) is 68.3 Å². The van der Waals surface area contributed by atoms with Gasteiger partial charge in [0.05, 0.1) is 6.33 Å². The fourth-order valence-electron chi connectivity index (χ4n) is 3.76. The second kappa shape index (κ2) is 10.6. The average molecular weight is 517 g/mol. The van der Waals surface area contributed by atoms with E-state index in [9.17, 15) is 14.7 Å². The molecule has 0 unspecified atom stereocenters. The molecule has 0 radical (unpaired) electrons. The van der Waals surface area contributed by atoms with E-state index in [4.69, 9.17) is 32.3 Å². The first-order valence-electron chi connectivity index (χ1n) is 10.5. The summed E-state index contributed by atoms with van der Waals surface area (Å²) in [6, 6.07) is 3.75. The van der Waals surface area contributed by atoms with Gasteiger partial charge in [-0.3, -0.25) is 14.2 Å². The number of nitrogens with two attached hydrogens (primary N) is 1. The molecule has 3 aromatic rings. The van der Waals surface area contributed by atoms with Gasteiger partial charge in [0.25, 0.3) is 5.91 Å². The van der Waals surface area contributed by atoms with Gasteiger partial charge < -0.3 is 30.9 Å². The van der Waals surface area contributed by atoms with E-state index >= 15 is 0 Å². The van der Waals surface area contributed by atoms with Gasteiger partial charge in [-0.2, -0.15) is 0 Å². The first-order valence-corrected chi connectivity index (χ1v) is 10.9. The molecule has 36 heavy (non-hydrogen) atoms. The SMILES string of the molecule is CNC(=O)[C@H]1O[C@@H](n2cnc3c(NCc4cc(Cl)ccc4OCC(N)=O)ncnc32)[C@H](O)[C@@H]1N=[N+]=[N-]. The molecule has 1 fully saturated rings. The molecule has 188 valence electrons. The van der Waals surface area contributed by atoms with Crippen molar-refractivity contribution in [1.29, 1.82) is 0 Å². The zero-order valence-corrected chi connectivity index (χ0v) is 19.5. The number of nitrogens with zero attached hydrogens (tertiary/aromatic N) is 7. The van der Waals surface area contributed by atoms with E-state index in [1.165, 1.54) is 24.3 Å². The number of amides is 2. The van der Waals surface area contributed by atoms with E-state index < -0.39 is 36.3 Å². The van der Waals surface area contributed by atoms with Gasteiger partial charge in [0.2, 0.25) is 5.91 Å². The van der Waals surface area contributed by atoms with Crippen molar-refractivity contribution >= 4 is 40.4 Å². The van der Waals surface area contributed by atoms with Crippen LogP contribution in [0.25, 0.3) is 21.6 Å². The molecule has 2 amide bonds. The Kier molecular flexibility index (Phi) is 7.36. The Hall–Kier alpha value is -4.17. The molecule has 1 aromatic carbocycles. The molecule has 1 aliphatic rings. The molecule has 1 aliphatic heterocycles. The number of anilines is 1. The number of carbonyl (C=O) groups is 2. The lowest BCUT2D eigenvalue weighted by Crippen LogP contribution is -2.40. The largest absolute Gasteiger partial charge is 0.483 e. The minimum atomic E-state index is -1.34. The van der Waals surface area contributed by atoms with Crippen LogP contribution in [0.5, 0.6) is 5.75 Å². The molecule has 2 aromatic heterocycles. The van der Waals surface area contributed by atoms with Crippen LogP contribution in [0.3, 0.4) is 0 Å². The zero-order valence-electron chi connectivity index (χ0n) is 18.8. The summed E-state index contributed by atoms with van der Waals surface area (Å²) in [5.41, 5.74) is 15.3. The molecule has 0 aliphatic carbocycles. The first-order chi connectivity index (χ1) is 17.3. The Balaban J connectivity index is 1.60. The van der Waals surface area contributed by atoms with Crippen molar-refractivity contribution in [2.45, 2.75) is 31.0 Å². The summed E-state index contributed by atoms with van der Waals surface area (Å²) >= 11 is 6.11. The Morgan fingerprint density at radius 1 is 1.39 bits per heavy atom. The third-order valence-electron chi connectivity index (χ3n) is 5.40. The number of rotatable bonds is 9. The van der Waals surface area contributed by atoms with Crippen molar-refractivity contribution in [3.63, 3.8) is 0 Å². The summed E-state index contributed by atoms with van der Waals surface area (Å²) < 4.78 is 12.6. The zero-order chi connectivity index (χ0) is 25.8. The first kappa shape index (κ1) is 24.9. The Morgan fingerprint density at radius 3 is 2.92 bits per heavy atom.